The second-order valence-corrected chi connectivity index (χ2v) is 5.47. The SMILES string of the molecule is CCNC(Cc1ccc(F)c(Br)c1)c1cccc(F)c1. The first-order chi connectivity index (χ1) is 9.60. The van der Waals surface area contributed by atoms with Crippen LogP contribution in [0.1, 0.15) is 24.1 Å². The van der Waals surface area contributed by atoms with Crippen LogP contribution in [0.25, 0.3) is 0 Å². The van der Waals surface area contributed by atoms with Crippen molar-refractivity contribution in [2.75, 3.05) is 6.54 Å². The van der Waals surface area contributed by atoms with Gasteiger partial charge in [0.05, 0.1) is 4.47 Å². The molecule has 0 aliphatic carbocycles. The van der Waals surface area contributed by atoms with E-state index in [4.69, 9.17) is 0 Å². The van der Waals surface area contributed by atoms with Gasteiger partial charge in [-0.3, -0.25) is 0 Å². The minimum atomic E-state index is -0.278. The lowest BCUT2D eigenvalue weighted by Crippen LogP contribution is -2.23. The van der Waals surface area contributed by atoms with Crippen LogP contribution in [0.15, 0.2) is 46.9 Å². The van der Waals surface area contributed by atoms with E-state index in [1.54, 1.807) is 18.2 Å². The Hall–Kier alpha value is -1.26. The highest BCUT2D eigenvalue weighted by molar-refractivity contribution is 9.10. The predicted molar refractivity (Wildman–Crippen MR) is 80.6 cm³/mol. The highest BCUT2D eigenvalue weighted by Crippen LogP contribution is 2.23. The summed E-state index contributed by atoms with van der Waals surface area (Å²) in [6, 6.07) is 11.5. The molecule has 2 aromatic carbocycles. The van der Waals surface area contributed by atoms with Crippen molar-refractivity contribution in [1.29, 1.82) is 0 Å². The van der Waals surface area contributed by atoms with Gasteiger partial charge >= 0.3 is 0 Å². The fraction of sp³-hybridized carbons (Fsp3) is 0.250. The summed E-state index contributed by atoms with van der Waals surface area (Å²) in [5.74, 6) is -0.523. The molecule has 1 N–H and O–H groups in total. The lowest BCUT2D eigenvalue weighted by molar-refractivity contribution is 0.541. The average Bonchev–Trinajstić information content (AvgIpc) is 2.42. The lowest BCUT2D eigenvalue weighted by atomic mass is 9.98. The van der Waals surface area contributed by atoms with Crippen molar-refractivity contribution < 1.29 is 8.78 Å². The standard InChI is InChI=1S/C16H16BrF2N/c1-2-20-16(12-4-3-5-13(18)10-12)9-11-6-7-15(19)14(17)8-11/h3-8,10,16,20H,2,9H2,1H3. The molecular weight excluding hydrogens is 324 g/mol. The molecule has 0 radical (unpaired) electrons. The predicted octanol–water partition coefficient (Wildman–Crippen LogP) is 4.62. The molecule has 106 valence electrons. The Morgan fingerprint density at radius 3 is 2.60 bits per heavy atom. The number of benzene rings is 2. The van der Waals surface area contributed by atoms with E-state index in [2.05, 4.69) is 21.2 Å². The van der Waals surface area contributed by atoms with Crippen molar-refractivity contribution in [3.05, 3.63) is 69.7 Å². The average molecular weight is 340 g/mol. The highest BCUT2D eigenvalue weighted by atomic mass is 79.9. The zero-order chi connectivity index (χ0) is 14.5. The van der Waals surface area contributed by atoms with Crippen molar-refractivity contribution in [2.24, 2.45) is 0 Å². The Kier molecular flexibility index (Phi) is 5.26. The summed E-state index contributed by atoms with van der Waals surface area (Å²) in [6.07, 6.45) is 0.677. The van der Waals surface area contributed by atoms with Crippen LogP contribution in [0.5, 0.6) is 0 Å². The quantitative estimate of drug-likeness (QED) is 0.837. The van der Waals surface area contributed by atoms with Gasteiger partial charge in [0.25, 0.3) is 0 Å². The summed E-state index contributed by atoms with van der Waals surface area (Å²) >= 11 is 3.19. The summed E-state index contributed by atoms with van der Waals surface area (Å²) in [4.78, 5) is 0. The van der Waals surface area contributed by atoms with E-state index in [1.807, 2.05) is 13.0 Å². The molecule has 0 saturated heterocycles. The molecule has 0 heterocycles. The monoisotopic (exact) mass is 339 g/mol. The second-order valence-electron chi connectivity index (χ2n) is 4.62. The van der Waals surface area contributed by atoms with Gasteiger partial charge in [0.2, 0.25) is 0 Å². The fourth-order valence-corrected chi connectivity index (χ4v) is 2.61. The van der Waals surface area contributed by atoms with E-state index >= 15 is 0 Å². The van der Waals surface area contributed by atoms with Gasteiger partial charge in [0.15, 0.2) is 0 Å². The summed E-state index contributed by atoms with van der Waals surface area (Å²) in [5, 5.41) is 3.33. The van der Waals surface area contributed by atoms with E-state index in [-0.39, 0.29) is 17.7 Å². The Labute approximate surface area is 126 Å². The molecule has 0 saturated carbocycles. The fourth-order valence-electron chi connectivity index (χ4n) is 2.18. The number of hydrogen-bond donors (Lipinski definition) is 1. The normalized spacial score (nSPS) is 12.4. The Morgan fingerprint density at radius 1 is 1.15 bits per heavy atom. The molecule has 4 heteroatoms. The summed E-state index contributed by atoms with van der Waals surface area (Å²) in [5.41, 5.74) is 1.89. The number of likely N-dealkylation sites (N-methyl/N-ethyl adjacent to an activating group) is 1. The molecule has 1 unspecified atom stereocenters. The first kappa shape index (κ1) is 15.1. The molecule has 2 rings (SSSR count). The third-order valence-corrected chi connectivity index (χ3v) is 3.73. The molecule has 0 aromatic heterocycles. The third-order valence-electron chi connectivity index (χ3n) is 3.13. The molecular formula is C16H16BrF2N. The first-order valence-electron chi connectivity index (χ1n) is 6.53. The zero-order valence-corrected chi connectivity index (χ0v) is 12.8. The van der Waals surface area contributed by atoms with Crippen LogP contribution >= 0.6 is 15.9 Å². The Balaban J connectivity index is 2.22. The van der Waals surface area contributed by atoms with E-state index < -0.39 is 0 Å². The van der Waals surface area contributed by atoms with Gasteiger partial charge in [-0.15, -0.1) is 0 Å². The Morgan fingerprint density at radius 2 is 1.95 bits per heavy atom. The van der Waals surface area contributed by atoms with Crippen LogP contribution in [0.3, 0.4) is 0 Å². The van der Waals surface area contributed by atoms with Gasteiger partial charge in [-0.05, 0) is 64.3 Å². The molecule has 1 nitrogen and oxygen atoms in total. The third kappa shape index (κ3) is 3.87. The van der Waals surface area contributed by atoms with Crippen LogP contribution in [0.2, 0.25) is 0 Å². The first-order valence-corrected chi connectivity index (χ1v) is 7.32. The van der Waals surface area contributed by atoms with Gasteiger partial charge in [-0.2, -0.15) is 0 Å². The smallest absolute Gasteiger partial charge is 0.137 e. The molecule has 0 fully saturated rings. The molecule has 0 amide bonds. The van der Waals surface area contributed by atoms with Crippen molar-refractivity contribution in [3.63, 3.8) is 0 Å². The number of halogens is 3. The van der Waals surface area contributed by atoms with E-state index in [9.17, 15) is 8.78 Å². The largest absolute Gasteiger partial charge is 0.310 e. The second kappa shape index (κ2) is 6.95. The molecule has 0 aliphatic heterocycles. The van der Waals surface area contributed by atoms with Crippen molar-refractivity contribution in [1.82, 2.24) is 5.32 Å². The molecule has 20 heavy (non-hydrogen) atoms. The van der Waals surface area contributed by atoms with Crippen LogP contribution in [-0.4, -0.2) is 6.54 Å². The van der Waals surface area contributed by atoms with E-state index in [1.165, 1.54) is 18.2 Å². The topological polar surface area (TPSA) is 12.0 Å². The maximum Gasteiger partial charge on any atom is 0.137 e. The summed E-state index contributed by atoms with van der Waals surface area (Å²) in [6.45, 7) is 2.79. The van der Waals surface area contributed by atoms with Crippen molar-refractivity contribution >= 4 is 15.9 Å². The van der Waals surface area contributed by atoms with Crippen LogP contribution in [0.4, 0.5) is 8.78 Å². The molecule has 1 atom stereocenters. The maximum absolute atomic E-state index is 13.3. The van der Waals surface area contributed by atoms with Crippen LogP contribution < -0.4 is 5.32 Å². The van der Waals surface area contributed by atoms with E-state index in [0.717, 1.165) is 17.7 Å². The molecule has 0 aliphatic rings. The maximum atomic E-state index is 13.3. The van der Waals surface area contributed by atoms with E-state index in [0.29, 0.717) is 10.9 Å². The van der Waals surface area contributed by atoms with Gasteiger partial charge in [0, 0.05) is 6.04 Å². The van der Waals surface area contributed by atoms with Gasteiger partial charge in [0.1, 0.15) is 11.6 Å². The number of rotatable bonds is 5. The summed E-state index contributed by atoms with van der Waals surface area (Å²) < 4.78 is 27.0. The highest BCUT2D eigenvalue weighted by Gasteiger charge is 2.12. The lowest BCUT2D eigenvalue weighted by Gasteiger charge is -2.19. The van der Waals surface area contributed by atoms with Crippen molar-refractivity contribution in [3.8, 4) is 0 Å². The molecule has 0 spiro atoms. The zero-order valence-electron chi connectivity index (χ0n) is 11.2. The minimum absolute atomic E-state index is 0.00746. The minimum Gasteiger partial charge on any atom is -0.310 e. The van der Waals surface area contributed by atoms with Gasteiger partial charge < -0.3 is 5.32 Å². The van der Waals surface area contributed by atoms with Crippen molar-refractivity contribution in [2.45, 2.75) is 19.4 Å². The molecule has 0 bridgehead atoms. The molecule has 2 aromatic rings. The van der Waals surface area contributed by atoms with Crippen LogP contribution in [-0.2, 0) is 6.42 Å². The van der Waals surface area contributed by atoms with Crippen LogP contribution in [0, 0.1) is 11.6 Å². The number of hydrogen-bond acceptors (Lipinski definition) is 1. The number of nitrogens with one attached hydrogen (secondary N) is 1. The van der Waals surface area contributed by atoms with Gasteiger partial charge in [-0.1, -0.05) is 25.1 Å². The summed E-state index contributed by atoms with van der Waals surface area (Å²) in [7, 11) is 0. The van der Waals surface area contributed by atoms with Gasteiger partial charge in [-0.25, -0.2) is 8.78 Å². The Bertz CT molecular complexity index is 586.